The van der Waals surface area contributed by atoms with Crippen molar-refractivity contribution in [3.8, 4) is 5.75 Å². The maximum Gasteiger partial charge on any atom is 0.202 e. The number of pyridine rings is 1. The van der Waals surface area contributed by atoms with E-state index in [0.29, 0.717) is 39.5 Å². The zero-order valence-corrected chi connectivity index (χ0v) is 12.7. The fourth-order valence-electron chi connectivity index (χ4n) is 2.20. The van der Waals surface area contributed by atoms with Crippen LogP contribution in [0.2, 0.25) is 10.0 Å². The van der Waals surface area contributed by atoms with E-state index in [1.165, 1.54) is 0 Å². The van der Waals surface area contributed by atoms with Gasteiger partial charge in [0.05, 0.1) is 18.7 Å². The second kappa shape index (κ2) is 5.42. The lowest BCUT2D eigenvalue weighted by molar-refractivity contribution is 0.408. The Morgan fingerprint density at radius 1 is 1.33 bits per heavy atom. The summed E-state index contributed by atoms with van der Waals surface area (Å²) in [5.74, 6) is 1.04. The van der Waals surface area contributed by atoms with E-state index in [1.54, 1.807) is 30.0 Å². The number of rotatable bonds is 3. The highest BCUT2D eigenvalue weighted by molar-refractivity contribution is 6.31. The zero-order chi connectivity index (χ0) is 15.0. The number of aromatic nitrogens is 3. The number of ether oxygens (including phenoxy) is 1. The minimum Gasteiger partial charge on any atom is -0.496 e. The molecule has 0 spiro atoms. The van der Waals surface area contributed by atoms with Crippen molar-refractivity contribution in [2.24, 2.45) is 0 Å². The van der Waals surface area contributed by atoms with Gasteiger partial charge in [-0.1, -0.05) is 29.3 Å². The van der Waals surface area contributed by atoms with Gasteiger partial charge in [-0.3, -0.25) is 4.57 Å². The molecule has 0 aliphatic rings. The molecular formula is C14H12Cl2N4O. The fourth-order valence-corrected chi connectivity index (χ4v) is 2.58. The third-order valence-corrected chi connectivity index (χ3v) is 3.75. The summed E-state index contributed by atoms with van der Waals surface area (Å²) < 4.78 is 7.12. The highest BCUT2D eigenvalue weighted by Gasteiger charge is 2.14. The van der Waals surface area contributed by atoms with Gasteiger partial charge in [0, 0.05) is 16.8 Å². The van der Waals surface area contributed by atoms with Gasteiger partial charge in [0.2, 0.25) is 5.95 Å². The Labute approximate surface area is 131 Å². The summed E-state index contributed by atoms with van der Waals surface area (Å²) in [6, 6.07) is 7.21. The van der Waals surface area contributed by atoms with Crippen LogP contribution in [0.25, 0.3) is 11.2 Å². The van der Waals surface area contributed by atoms with Gasteiger partial charge in [-0.15, -0.1) is 0 Å². The number of nitrogen functional groups attached to an aromatic ring is 1. The average Bonchev–Trinajstić information content (AvgIpc) is 2.76. The molecule has 0 fully saturated rings. The molecule has 1 aromatic carbocycles. The summed E-state index contributed by atoms with van der Waals surface area (Å²) in [7, 11) is 1.60. The Balaban J connectivity index is 2.12. The molecule has 0 radical (unpaired) electrons. The Hall–Kier alpha value is -1.98. The molecule has 2 N–H and O–H groups in total. The average molecular weight is 323 g/mol. The van der Waals surface area contributed by atoms with Gasteiger partial charge < -0.3 is 10.5 Å². The van der Waals surface area contributed by atoms with Gasteiger partial charge >= 0.3 is 0 Å². The van der Waals surface area contributed by atoms with Crippen molar-refractivity contribution < 1.29 is 4.74 Å². The first-order valence-corrected chi connectivity index (χ1v) is 6.94. The molecule has 2 heterocycles. The molecule has 0 bridgehead atoms. The van der Waals surface area contributed by atoms with Gasteiger partial charge in [0.1, 0.15) is 11.3 Å². The number of anilines is 1. The smallest absolute Gasteiger partial charge is 0.202 e. The van der Waals surface area contributed by atoms with Gasteiger partial charge in [-0.05, 0) is 18.2 Å². The minimum atomic E-state index is 0.349. The molecule has 0 atom stereocenters. The van der Waals surface area contributed by atoms with Crippen LogP contribution < -0.4 is 10.5 Å². The predicted octanol–water partition coefficient (Wildman–Crippen LogP) is 3.38. The lowest BCUT2D eigenvalue weighted by Gasteiger charge is -2.12. The van der Waals surface area contributed by atoms with Crippen LogP contribution in [-0.2, 0) is 6.54 Å². The summed E-state index contributed by atoms with van der Waals surface area (Å²) >= 11 is 12.2. The third-order valence-electron chi connectivity index (χ3n) is 3.19. The molecule has 0 unspecified atom stereocenters. The molecule has 3 rings (SSSR count). The minimum absolute atomic E-state index is 0.349. The van der Waals surface area contributed by atoms with Crippen molar-refractivity contribution in [3.63, 3.8) is 0 Å². The highest BCUT2D eigenvalue weighted by atomic mass is 35.5. The SMILES string of the molecule is COc1cccc(Cl)c1Cn1c(N)nc2cc(Cl)cnc21. The molecule has 2 aromatic heterocycles. The molecule has 3 aromatic rings. The number of imidazole rings is 1. The number of fused-ring (bicyclic) bond motifs is 1. The van der Waals surface area contributed by atoms with Crippen LogP contribution in [0.3, 0.4) is 0 Å². The Morgan fingerprint density at radius 3 is 2.90 bits per heavy atom. The maximum absolute atomic E-state index is 6.26. The van der Waals surface area contributed by atoms with Gasteiger partial charge in [-0.25, -0.2) is 9.97 Å². The van der Waals surface area contributed by atoms with E-state index in [2.05, 4.69) is 9.97 Å². The van der Waals surface area contributed by atoms with E-state index in [4.69, 9.17) is 33.7 Å². The van der Waals surface area contributed by atoms with Crippen molar-refractivity contribution in [2.75, 3.05) is 12.8 Å². The Morgan fingerprint density at radius 2 is 2.14 bits per heavy atom. The number of nitrogens with zero attached hydrogens (tertiary/aromatic N) is 3. The molecule has 21 heavy (non-hydrogen) atoms. The van der Waals surface area contributed by atoms with Crippen molar-refractivity contribution in [2.45, 2.75) is 6.54 Å². The molecule has 0 amide bonds. The van der Waals surface area contributed by atoms with Crippen molar-refractivity contribution in [1.82, 2.24) is 14.5 Å². The monoisotopic (exact) mass is 322 g/mol. The van der Waals surface area contributed by atoms with E-state index in [1.807, 2.05) is 12.1 Å². The standard InChI is InChI=1S/C14H12Cl2N4O/c1-21-12-4-2-3-10(16)9(12)7-20-13-11(19-14(20)17)5-8(15)6-18-13/h2-6H,7H2,1H3,(H2,17,19). The number of benzene rings is 1. The van der Waals surface area contributed by atoms with Crippen molar-refractivity contribution >= 4 is 40.3 Å². The van der Waals surface area contributed by atoms with Crippen LogP contribution in [0.4, 0.5) is 5.95 Å². The molecular weight excluding hydrogens is 311 g/mol. The van der Waals surface area contributed by atoms with Gasteiger partial charge in [0.25, 0.3) is 0 Å². The van der Waals surface area contributed by atoms with E-state index < -0.39 is 0 Å². The molecule has 108 valence electrons. The first-order valence-electron chi connectivity index (χ1n) is 6.19. The molecule has 5 nitrogen and oxygen atoms in total. The molecule has 0 saturated heterocycles. The third kappa shape index (κ3) is 2.50. The lowest BCUT2D eigenvalue weighted by Crippen LogP contribution is -2.07. The number of halogens is 2. The number of methoxy groups -OCH3 is 1. The number of hydrogen-bond donors (Lipinski definition) is 1. The summed E-state index contributed by atoms with van der Waals surface area (Å²) in [5.41, 5.74) is 8.10. The zero-order valence-electron chi connectivity index (χ0n) is 11.2. The van der Waals surface area contributed by atoms with E-state index in [0.717, 1.165) is 5.56 Å². The second-order valence-electron chi connectivity index (χ2n) is 4.47. The van der Waals surface area contributed by atoms with E-state index in [-0.39, 0.29) is 0 Å². The van der Waals surface area contributed by atoms with Crippen LogP contribution in [0.1, 0.15) is 5.56 Å². The quantitative estimate of drug-likeness (QED) is 0.802. The van der Waals surface area contributed by atoms with Crippen molar-refractivity contribution in [1.29, 1.82) is 0 Å². The van der Waals surface area contributed by atoms with Crippen LogP contribution in [0, 0.1) is 0 Å². The number of nitrogens with two attached hydrogens (primary N) is 1. The van der Waals surface area contributed by atoms with Gasteiger partial charge in [0.15, 0.2) is 5.65 Å². The predicted molar refractivity (Wildman–Crippen MR) is 84.1 cm³/mol. The first-order chi connectivity index (χ1) is 10.1. The summed E-state index contributed by atoms with van der Waals surface area (Å²) in [4.78, 5) is 8.55. The largest absolute Gasteiger partial charge is 0.496 e. The van der Waals surface area contributed by atoms with Gasteiger partial charge in [-0.2, -0.15) is 0 Å². The van der Waals surface area contributed by atoms with Crippen LogP contribution in [0.5, 0.6) is 5.75 Å². The van der Waals surface area contributed by atoms with Crippen LogP contribution in [-0.4, -0.2) is 21.6 Å². The topological polar surface area (TPSA) is 66.0 Å². The Bertz CT molecular complexity index is 816. The summed E-state index contributed by atoms with van der Waals surface area (Å²) in [6.07, 6.45) is 1.56. The molecule has 0 aliphatic heterocycles. The number of hydrogen-bond acceptors (Lipinski definition) is 4. The normalized spacial score (nSPS) is 11.0. The summed E-state index contributed by atoms with van der Waals surface area (Å²) in [5, 5.41) is 1.12. The molecule has 7 heteroatoms. The first kappa shape index (κ1) is 14.0. The fraction of sp³-hybridized carbons (Fsp3) is 0.143. The maximum atomic E-state index is 6.26. The van der Waals surface area contributed by atoms with E-state index in [9.17, 15) is 0 Å². The molecule has 0 saturated carbocycles. The van der Waals surface area contributed by atoms with Crippen LogP contribution >= 0.6 is 23.2 Å². The van der Waals surface area contributed by atoms with Crippen molar-refractivity contribution in [3.05, 3.63) is 46.1 Å². The molecule has 0 aliphatic carbocycles. The lowest BCUT2D eigenvalue weighted by atomic mass is 10.2. The summed E-state index contributed by atoms with van der Waals surface area (Å²) in [6.45, 7) is 0.416. The van der Waals surface area contributed by atoms with Crippen LogP contribution in [0.15, 0.2) is 30.5 Å². The highest BCUT2D eigenvalue weighted by Crippen LogP contribution is 2.29. The Kier molecular flexibility index (Phi) is 3.61. The second-order valence-corrected chi connectivity index (χ2v) is 5.32. The van der Waals surface area contributed by atoms with E-state index >= 15 is 0 Å².